The summed E-state index contributed by atoms with van der Waals surface area (Å²) in [5.74, 6) is -1.20. The topological polar surface area (TPSA) is 92.8 Å². The van der Waals surface area contributed by atoms with Crippen LogP contribution in [0.25, 0.3) is 0 Å². The number of nitrogens with zero attached hydrogens (tertiary/aromatic N) is 1. The summed E-state index contributed by atoms with van der Waals surface area (Å²) < 4.78 is 30.1. The van der Waals surface area contributed by atoms with Crippen LogP contribution in [0.15, 0.2) is 36.4 Å². The molecule has 0 saturated carbocycles. The average molecular weight is 480 g/mol. The van der Waals surface area contributed by atoms with Gasteiger partial charge in [0.15, 0.2) is 0 Å². The molecular formula is C18H17Cl3N2O5S. The van der Waals surface area contributed by atoms with Gasteiger partial charge in [0, 0.05) is 10.0 Å². The molecule has 2 aromatic carbocycles. The van der Waals surface area contributed by atoms with Crippen LogP contribution in [0.2, 0.25) is 15.1 Å². The van der Waals surface area contributed by atoms with Crippen LogP contribution in [-0.4, -0.2) is 39.7 Å². The van der Waals surface area contributed by atoms with E-state index >= 15 is 0 Å². The number of sulfonamides is 1. The predicted molar refractivity (Wildman–Crippen MR) is 115 cm³/mol. The minimum Gasteiger partial charge on any atom is -0.462 e. The maximum absolute atomic E-state index is 12.5. The molecule has 2 rings (SSSR count). The Morgan fingerprint density at radius 3 is 2.21 bits per heavy atom. The van der Waals surface area contributed by atoms with E-state index in [1.807, 2.05) is 0 Å². The Balaban J connectivity index is 2.22. The summed E-state index contributed by atoms with van der Waals surface area (Å²) in [5, 5.41) is 3.06. The number of rotatable bonds is 7. The van der Waals surface area contributed by atoms with E-state index in [4.69, 9.17) is 39.5 Å². The van der Waals surface area contributed by atoms with E-state index < -0.39 is 28.4 Å². The van der Waals surface area contributed by atoms with Crippen molar-refractivity contribution >= 4 is 68.1 Å². The summed E-state index contributed by atoms with van der Waals surface area (Å²) >= 11 is 18.0. The molecule has 1 amide bonds. The number of amides is 1. The van der Waals surface area contributed by atoms with Crippen molar-refractivity contribution in [3.05, 3.63) is 57.0 Å². The van der Waals surface area contributed by atoms with E-state index in [2.05, 4.69) is 5.32 Å². The van der Waals surface area contributed by atoms with Crippen LogP contribution >= 0.6 is 34.8 Å². The summed E-state index contributed by atoms with van der Waals surface area (Å²) in [7, 11) is -3.81. The van der Waals surface area contributed by atoms with Crippen LogP contribution in [0.4, 0.5) is 11.4 Å². The van der Waals surface area contributed by atoms with Gasteiger partial charge in [-0.1, -0.05) is 34.8 Å². The lowest BCUT2D eigenvalue weighted by atomic mass is 10.2. The van der Waals surface area contributed by atoms with Gasteiger partial charge in [-0.15, -0.1) is 0 Å². The zero-order valence-electron chi connectivity index (χ0n) is 15.4. The summed E-state index contributed by atoms with van der Waals surface area (Å²) in [5.41, 5.74) is 0.576. The van der Waals surface area contributed by atoms with Crippen molar-refractivity contribution in [2.75, 3.05) is 29.0 Å². The molecule has 1 N–H and O–H groups in total. The van der Waals surface area contributed by atoms with Crippen molar-refractivity contribution in [3.63, 3.8) is 0 Å². The average Bonchev–Trinajstić information content (AvgIpc) is 2.59. The molecule has 7 nitrogen and oxygen atoms in total. The number of ether oxygens (including phenoxy) is 1. The molecule has 29 heavy (non-hydrogen) atoms. The molecule has 0 aliphatic carbocycles. The zero-order chi connectivity index (χ0) is 21.8. The lowest BCUT2D eigenvalue weighted by Crippen LogP contribution is -2.37. The van der Waals surface area contributed by atoms with Crippen molar-refractivity contribution in [1.29, 1.82) is 0 Å². The lowest BCUT2D eigenvalue weighted by molar-refractivity contribution is -0.114. The number of hydrogen-bond acceptors (Lipinski definition) is 5. The minimum absolute atomic E-state index is 0.0978. The molecule has 0 bridgehead atoms. The van der Waals surface area contributed by atoms with Crippen LogP contribution in [0.1, 0.15) is 17.3 Å². The minimum atomic E-state index is -3.81. The normalized spacial score (nSPS) is 11.1. The van der Waals surface area contributed by atoms with E-state index in [1.54, 1.807) is 6.92 Å². The molecule has 0 heterocycles. The number of benzene rings is 2. The van der Waals surface area contributed by atoms with E-state index in [1.165, 1.54) is 36.4 Å². The number of halogens is 3. The van der Waals surface area contributed by atoms with Crippen molar-refractivity contribution in [3.8, 4) is 0 Å². The highest BCUT2D eigenvalue weighted by Crippen LogP contribution is 2.28. The fourth-order valence-electron chi connectivity index (χ4n) is 2.36. The first-order valence-electron chi connectivity index (χ1n) is 8.21. The molecule has 0 fully saturated rings. The first-order valence-corrected chi connectivity index (χ1v) is 11.2. The number of hydrogen-bond donors (Lipinski definition) is 1. The monoisotopic (exact) mass is 478 g/mol. The Kier molecular flexibility index (Phi) is 7.76. The highest BCUT2D eigenvalue weighted by Gasteiger charge is 2.22. The number of anilines is 2. The Hall–Kier alpha value is -2.00. The third-order valence-corrected chi connectivity index (χ3v) is 5.47. The Morgan fingerprint density at radius 2 is 1.69 bits per heavy atom. The fourth-order valence-corrected chi connectivity index (χ4v) is 3.94. The molecule has 0 aliphatic rings. The van der Waals surface area contributed by atoms with Gasteiger partial charge in [-0.25, -0.2) is 13.2 Å². The molecule has 0 spiro atoms. The van der Waals surface area contributed by atoms with Gasteiger partial charge in [0.1, 0.15) is 6.54 Å². The van der Waals surface area contributed by atoms with Crippen LogP contribution < -0.4 is 9.62 Å². The first kappa shape index (κ1) is 23.3. The second-order valence-corrected chi connectivity index (χ2v) is 9.05. The lowest BCUT2D eigenvalue weighted by Gasteiger charge is -2.22. The van der Waals surface area contributed by atoms with Crippen molar-refractivity contribution in [2.45, 2.75) is 6.92 Å². The fraction of sp³-hybridized carbons (Fsp3) is 0.222. The van der Waals surface area contributed by atoms with Crippen molar-refractivity contribution < 1.29 is 22.7 Å². The van der Waals surface area contributed by atoms with Gasteiger partial charge in [-0.2, -0.15) is 0 Å². The van der Waals surface area contributed by atoms with Gasteiger partial charge in [0.25, 0.3) is 0 Å². The molecular weight excluding hydrogens is 463 g/mol. The second-order valence-electron chi connectivity index (χ2n) is 5.86. The van der Waals surface area contributed by atoms with Crippen LogP contribution in [0, 0.1) is 0 Å². The number of carbonyl (C=O) groups excluding carboxylic acids is 2. The van der Waals surface area contributed by atoms with Gasteiger partial charge in [-0.3, -0.25) is 9.10 Å². The molecule has 0 unspecified atom stereocenters. The van der Waals surface area contributed by atoms with Gasteiger partial charge in [0.05, 0.1) is 34.8 Å². The van der Waals surface area contributed by atoms with Gasteiger partial charge >= 0.3 is 5.97 Å². The maximum atomic E-state index is 12.5. The van der Waals surface area contributed by atoms with Crippen molar-refractivity contribution in [1.82, 2.24) is 0 Å². The summed E-state index contributed by atoms with van der Waals surface area (Å²) in [6.45, 7) is 1.35. The second kappa shape index (κ2) is 9.67. The summed E-state index contributed by atoms with van der Waals surface area (Å²) in [6, 6.07) is 8.40. The van der Waals surface area contributed by atoms with Gasteiger partial charge in [-0.05, 0) is 43.3 Å². The predicted octanol–water partition coefficient (Wildman–Crippen LogP) is 4.23. The van der Waals surface area contributed by atoms with Crippen LogP contribution in [-0.2, 0) is 19.6 Å². The number of nitrogens with one attached hydrogen (secondary N) is 1. The molecule has 2 aromatic rings. The standard InChI is InChI=1S/C18H17Cl3N2O5S/c1-3-28-18(25)11-4-5-16(15(21)6-11)22-17(24)10-23(29(2,26)27)14-8-12(19)7-13(20)9-14/h4-9H,3,10H2,1-2H3,(H,22,24). The maximum Gasteiger partial charge on any atom is 0.338 e. The molecule has 0 aliphatic heterocycles. The Labute approximate surface area is 183 Å². The number of carbonyl (C=O) groups is 2. The van der Waals surface area contributed by atoms with Crippen molar-refractivity contribution in [2.24, 2.45) is 0 Å². The Bertz CT molecular complexity index is 1020. The highest BCUT2D eigenvalue weighted by molar-refractivity contribution is 7.92. The van der Waals surface area contributed by atoms with E-state index in [-0.39, 0.29) is 38.6 Å². The van der Waals surface area contributed by atoms with Crippen LogP contribution in [0.3, 0.4) is 0 Å². The van der Waals surface area contributed by atoms with Gasteiger partial charge in [0.2, 0.25) is 15.9 Å². The number of esters is 1. The quantitative estimate of drug-likeness (QED) is 0.600. The SMILES string of the molecule is CCOC(=O)c1ccc(NC(=O)CN(c2cc(Cl)cc(Cl)c2)S(C)(=O)=O)c(Cl)c1. The van der Waals surface area contributed by atoms with E-state index in [9.17, 15) is 18.0 Å². The highest BCUT2D eigenvalue weighted by atomic mass is 35.5. The largest absolute Gasteiger partial charge is 0.462 e. The smallest absolute Gasteiger partial charge is 0.338 e. The summed E-state index contributed by atoms with van der Waals surface area (Å²) in [4.78, 5) is 24.2. The molecule has 11 heteroatoms. The van der Waals surface area contributed by atoms with E-state index in [0.717, 1.165) is 10.6 Å². The summed E-state index contributed by atoms with van der Waals surface area (Å²) in [6.07, 6.45) is 0.955. The molecule has 0 radical (unpaired) electrons. The first-order chi connectivity index (χ1) is 13.5. The third-order valence-electron chi connectivity index (χ3n) is 3.58. The molecule has 0 aromatic heterocycles. The molecule has 0 atom stereocenters. The Morgan fingerprint density at radius 1 is 1.07 bits per heavy atom. The zero-order valence-corrected chi connectivity index (χ0v) is 18.5. The van der Waals surface area contributed by atoms with Crippen LogP contribution in [0.5, 0.6) is 0 Å². The molecule has 0 saturated heterocycles. The van der Waals surface area contributed by atoms with E-state index in [0.29, 0.717) is 0 Å². The third kappa shape index (κ3) is 6.50. The van der Waals surface area contributed by atoms with Gasteiger partial charge < -0.3 is 10.1 Å². The molecule has 156 valence electrons.